The molecule has 0 fully saturated rings. The molecule has 0 bridgehead atoms. The van der Waals surface area contributed by atoms with Gasteiger partial charge < -0.3 is 20.5 Å². The number of nitrogens with two attached hydrogens (primary N) is 1. The molecule has 1 aliphatic heterocycles. The SMILES string of the molecule is CCOc1ccc(C2=CC(c3cc(Br)ccc3O)[NH2+]C(c3ccc(Cl)cc3)N2)cc1. The number of rotatable bonds is 5. The third-order valence-corrected chi connectivity index (χ3v) is 5.86. The number of hydrogen-bond acceptors (Lipinski definition) is 3. The predicted octanol–water partition coefficient (Wildman–Crippen LogP) is 5.15. The van der Waals surface area contributed by atoms with E-state index < -0.39 is 0 Å². The fourth-order valence-corrected chi connectivity index (χ4v) is 4.14. The average Bonchev–Trinajstić information content (AvgIpc) is 2.76. The molecule has 0 amide bonds. The second-order valence-corrected chi connectivity index (χ2v) is 8.48. The van der Waals surface area contributed by atoms with Crippen molar-refractivity contribution < 1.29 is 15.2 Å². The molecule has 2 unspecified atom stereocenters. The molecule has 154 valence electrons. The van der Waals surface area contributed by atoms with E-state index in [0.29, 0.717) is 11.6 Å². The highest BCUT2D eigenvalue weighted by Crippen LogP contribution is 2.31. The zero-order valence-corrected chi connectivity index (χ0v) is 18.8. The lowest BCUT2D eigenvalue weighted by Crippen LogP contribution is -2.89. The van der Waals surface area contributed by atoms with Gasteiger partial charge in [-0.3, -0.25) is 0 Å². The van der Waals surface area contributed by atoms with Gasteiger partial charge in [0.2, 0.25) is 0 Å². The first-order valence-electron chi connectivity index (χ1n) is 9.84. The van der Waals surface area contributed by atoms with Crippen molar-refractivity contribution in [2.45, 2.75) is 19.1 Å². The van der Waals surface area contributed by atoms with Crippen LogP contribution >= 0.6 is 27.5 Å². The van der Waals surface area contributed by atoms with Crippen LogP contribution in [0.2, 0.25) is 5.02 Å². The molecule has 1 aliphatic rings. The molecule has 2 atom stereocenters. The van der Waals surface area contributed by atoms with Crippen molar-refractivity contribution in [1.82, 2.24) is 5.32 Å². The van der Waals surface area contributed by atoms with Crippen molar-refractivity contribution in [2.75, 3.05) is 6.61 Å². The molecule has 4 nitrogen and oxygen atoms in total. The van der Waals surface area contributed by atoms with E-state index in [2.05, 4.69) is 32.6 Å². The molecular formula is C24H23BrClN2O2+. The summed E-state index contributed by atoms with van der Waals surface area (Å²) in [7, 11) is 0. The van der Waals surface area contributed by atoms with Gasteiger partial charge in [0.15, 0.2) is 6.17 Å². The molecule has 0 spiro atoms. The molecule has 0 radical (unpaired) electrons. The summed E-state index contributed by atoms with van der Waals surface area (Å²) in [4.78, 5) is 0. The molecule has 1 heterocycles. The lowest BCUT2D eigenvalue weighted by Gasteiger charge is -2.30. The van der Waals surface area contributed by atoms with E-state index in [1.807, 2.05) is 67.6 Å². The molecule has 6 heteroatoms. The molecule has 0 aliphatic carbocycles. The normalized spacial score (nSPS) is 18.4. The van der Waals surface area contributed by atoms with Crippen LogP contribution in [-0.2, 0) is 0 Å². The van der Waals surface area contributed by atoms with Gasteiger partial charge in [-0.25, -0.2) is 0 Å². The summed E-state index contributed by atoms with van der Waals surface area (Å²) in [5.74, 6) is 1.12. The second-order valence-electron chi connectivity index (χ2n) is 7.13. The highest BCUT2D eigenvalue weighted by molar-refractivity contribution is 9.10. The van der Waals surface area contributed by atoms with Crippen LogP contribution in [-0.4, -0.2) is 11.7 Å². The molecule has 0 aromatic heterocycles. The molecule has 3 aromatic carbocycles. The monoisotopic (exact) mass is 485 g/mol. The standard InChI is InChI=1S/C24H22BrClN2O2/c1-2-30-19-10-5-15(6-11-19)21-14-22(20-13-17(25)7-12-23(20)29)28-24(27-21)16-3-8-18(26)9-4-16/h3-14,22,24,27-29H,2H2,1H3/p+1. The number of benzene rings is 3. The number of phenols is 1. The summed E-state index contributed by atoms with van der Waals surface area (Å²) in [5.41, 5.74) is 4.03. The molecule has 30 heavy (non-hydrogen) atoms. The quantitative estimate of drug-likeness (QED) is 0.467. The van der Waals surface area contributed by atoms with Gasteiger partial charge in [0.25, 0.3) is 0 Å². The number of halogens is 2. The lowest BCUT2D eigenvalue weighted by molar-refractivity contribution is -0.731. The van der Waals surface area contributed by atoms with Gasteiger partial charge in [-0.05, 0) is 79.2 Å². The number of quaternary nitrogens is 1. The molecule has 0 saturated carbocycles. The smallest absolute Gasteiger partial charge is 0.186 e. The fourth-order valence-electron chi connectivity index (χ4n) is 3.63. The highest BCUT2D eigenvalue weighted by Gasteiger charge is 2.29. The van der Waals surface area contributed by atoms with E-state index in [1.54, 1.807) is 6.07 Å². The van der Waals surface area contributed by atoms with Gasteiger partial charge in [-0.1, -0.05) is 27.5 Å². The molecule has 4 rings (SSSR count). The fraction of sp³-hybridized carbons (Fsp3) is 0.167. The van der Waals surface area contributed by atoms with Crippen molar-refractivity contribution in [3.63, 3.8) is 0 Å². The van der Waals surface area contributed by atoms with Gasteiger partial charge in [0, 0.05) is 26.8 Å². The van der Waals surface area contributed by atoms with Crippen molar-refractivity contribution in [3.05, 3.63) is 99.0 Å². The Morgan fingerprint density at radius 1 is 1.07 bits per heavy atom. The summed E-state index contributed by atoms with van der Waals surface area (Å²) < 4.78 is 6.50. The number of nitrogens with one attached hydrogen (secondary N) is 1. The Morgan fingerprint density at radius 2 is 1.80 bits per heavy atom. The first-order chi connectivity index (χ1) is 14.5. The average molecular weight is 487 g/mol. The Hall–Kier alpha value is -2.47. The van der Waals surface area contributed by atoms with Crippen LogP contribution in [0.3, 0.4) is 0 Å². The summed E-state index contributed by atoms with van der Waals surface area (Å²) in [6.45, 7) is 2.61. The van der Waals surface area contributed by atoms with Crippen LogP contribution in [0.1, 0.15) is 35.8 Å². The number of phenolic OH excluding ortho intramolecular Hbond substituents is 1. The minimum Gasteiger partial charge on any atom is -0.507 e. The van der Waals surface area contributed by atoms with Gasteiger partial charge in [-0.15, -0.1) is 0 Å². The maximum atomic E-state index is 10.5. The maximum Gasteiger partial charge on any atom is 0.186 e. The number of aromatic hydroxyl groups is 1. The third-order valence-electron chi connectivity index (χ3n) is 5.11. The minimum absolute atomic E-state index is 0.0304. The zero-order chi connectivity index (χ0) is 21.1. The van der Waals surface area contributed by atoms with Crippen molar-refractivity contribution in [1.29, 1.82) is 0 Å². The van der Waals surface area contributed by atoms with E-state index >= 15 is 0 Å². The number of ether oxygens (including phenoxy) is 1. The van der Waals surface area contributed by atoms with Crippen LogP contribution < -0.4 is 15.4 Å². The van der Waals surface area contributed by atoms with Crippen LogP contribution in [0.4, 0.5) is 0 Å². The van der Waals surface area contributed by atoms with Crippen molar-refractivity contribution in [2.24, 2.45) is 0 Å². The maximum absolute atomic E-state index is 10.5. The Labute approximate surface area is 189 Å². The lowest BCUT2D eigenvalue weighted by atomic mass is 9.98. The van der Waals surface area contributed by atoms with Crippen molar-refractivity contribution in [3.8, 4) is 11.5 Å². The summed E-state index contributed by atoms with van der Waals surface area (Å²) in [6.07, 6.45) is 2.11. The highest BCUT2D eigenvalue weighted by atomic mass is 79.9. The van der Waals surface area contributed by atoms with Gasteiger partial charge in [0.05, 0.1) is 12.2 Å². The first-order valence-corrected chi connectivity index (χ1v) is 11.0. The van der Waals surface area contributed by atoms with Crippen LogP contribution in [0.15, 0.2) is 77.3 Å². The van der Waals surface area contributed by atoms with Crippen LogP contribution in [0.25, 0.3) is 5.70 Å². The largest absolute Gasteiger partial charge is 0.507 e. The molecule has 3 aromatic rings. The Kier molecular flexibility index (Phi) is 6.32. The summed E-state index contributed by atoms with van der Waals surface area (Å²) in [6, 6.07) is 21.3. The Bertz CT molecular complexity index is 1050. The summed E-state index contributed by atoms with van der Waals surface area (Å²) >= 11 is 9.61. The van der Waals surface area contributed by atoms with E-state index in [0.717, 1.165) is 32.6 Å². The Morgan fingerprint density at radius 3 is 2.50 bits per heavy atom. The molecule has 0 saturated heterocycles. The third kappa shape index (κ3) is 4.64. The van der Waals surface area contributed by atoms with Crippen LogP contribution in [0.5, 0.6) is 11.5 Å². The van der Waals surface area contributed by atoms with E-state index in [4.69, 9.17) is 16.3 Å². The van der Waals surface area contributed by atoms with Gasteiger partial charge in [-0.2, -0.15) is 0 Å². The van der Waals surface area contributed by atoms with E-state index in [-0.39, 0.29) is 18.0 Å². The topological polar surface area (TPSA) is 58.1 Å². The number of hydrogen-bond donors (Lipinski definition) is 3. The van der Waals surface area contributed by atoms with Crippen molar-refractivity contribution >= 4 is 33.2 Å². The first kappa shape index (κ1) is 20.8. The zero-order valence-electron chi connectivity index (χ0n) is 16.5. The van der Waals surface area contributed by atoms with Gasteiger partial charge in [0.1, 0.15) is 17.5 Å². The van der Waals surface area contributed by atoms with E-state index in [9.17, 15) is 5.11 Å². The predicted molar refractivity (Wildman–Crippen MR) is 123 cm³/mol. The van der Waals surface area contributed by atoms with Gasteiger partial charge >= 0.3 is 0 Å². The molecule has 4 N–H and O–H groups in total. The summed E-state index contributed by atoms with van der Waals surface area (Å²) in [5, 5.41) is 17.0. The van der Waals surface area contributed by atoms with E-state index in [1.165, 1.54) is 0 Å². The van der Waals surface area contributed by atoms with Crippen LogP contribution in [0, 0.1) is 0 Å². The minimum atomic E-state index is -0.0639. The second kappa shape index (κ2) is 9.13. The molecular weight excluding hydrogens is 464 g/mol. The Balaban J connectivity index is 1.73.